The molecular weight excluding hydrogens is 286 g/mol. The molecule has 1 aliphatic heterocycles. The Labute approximate surface area is 130 Å². The number of benzene rings is 1. The highest BCUT2D eigenvalue weighted by molar-refractivity contribution is 6.17. The van der Waals surface area contributed by atoms with Crippen LogP contribution in [0.4, 0.5) is 0 Å². The van der Waals surface area contributed by atoms with Gasteiger partial charge in [0.1, 0.15) is 5.82 Å². The highest BCUT2D eigenvalue weighted by Crippen LogP contribution is 2.19. The zero-order valence-electron chi connectivity index (χ0n) is 12.5. The molecule has 0 N–H and O–H groups in total. The van der Waals surface area contributed by atoms with E-state index >= 15 is 0 Å². The summed E-state index contributed by atoms with van der Waals surface area (Å²) in [6.07, 6.45) is 1.02. The van der Waals surface area contributed by atoms with E-state index in [1.165, 1.54) is 5.52 Å². The topological polar surface area (TPSA) is 30.3 Å². The first kappa shape index (κ1) is 14.8. The Kier molecular flexibility index (Phi) is 4.78. The number of ether oxygens (including phenoxy) is 1. The lowest BCUT2D eigenvalue weighted by Gasteiger charge is -2.32. The Hall–Kier alpha value is -1.10. The Morgan fingerprint density at radius 1 is 1.38 bits per heavy atom. The lowest BCUT2D eigenvalue weighted by Crippen LogP contribution is -2.44. The fourth-order valence-corrected chi connectivity index (χ4v) is 3.16. The second-order valence-electron chi connectivity index (χ2n) is 5.45. The van der Waals surface area contributed by atoms with Gasteiger partial charge in [0.2, 0.25) is 0 Å². The molecule has 0 amide bonds. The number of morpholine rings is 1. The van der Waals surface area contributed by atoms with Gasteiger partial charge < -0.3 is 9.30 Å². The summed E-state index contributed by atoms with van der Waals surface area (Å²) >= 11 is 5.93. The van der Waals surface area contributed by atoms with Crippen molar-refractivity contribution < 1.29 is 4.74 Å². The molecule has 0 saturated carbocycles. The van der Waals surface area contributed by atoms with E-state index in [2.05, 4.69) is 34.6 Å². The van der Waals surface area contributed by atoms with Crippen LogP contribution in [0.5, 0.6) is 0 Å². The first-order valence-electron chi connectivity index (χ1n) is 7.66. The van der Waals surface area contributed by atoms with E-state index in [-0.39, 0.29) is 6.10 Å². The molecule has 1 aromatic heterocycles. The van der Waals surface area contributed by atoms with Gasteiger partial charge in [-0.2, -0.15) is 0 Å². The largest absolute Gasteiger partial charge is 0.374 e. The maximum Gasteiger partial charge on any atom is 0.111 e. The number of hydrogen-bond acceptors (Lipinski definition) is 3. The summed E-state index contributed by atoms with van der Waals surface area (Å²) < 4.78 is 8.22. The molecule has 1 aromatic carbocycles. The van der Waals surface area contributed by atoms with Crippen molar-refractivity contribution in [2.24, 2.45) is 0 Å². The molecule has 114 valence electrons. The number of rotatable bonds is 5. The van der Waals surface area contributed by atoms with Crippen LogP contribution < -0.4 is 0 Å². The molecule has 1 saturated heterocycles. The molecule has 1 fully saturated rings. The van der Waals surface area contributed by atoms with Crippen LogP contribution in [0.2, 0.25) is 0 Å². The zero-order chi connectivity index (χ0) is 14.7. The van der Waals surface area contributed by atoms with Crippen molar-refractivity contribution in [3.63, 3.8) is 0 Å². The van der Waals surface area contributed by atoms with E-state index in [0.717, 1.165) is 50.5 Å². The molecule has 0 bridgehead atoms. The summed E-state index contributed by atoms with van der Waals surface area (Å²) in [6, 6.07) is 8.27. The van der Waals surface area contributed by atoms with Gasteiger partial charge in [0.05, 0.1) is 30.3 Å². The second kappa shape index (κ2) is 6.77. The van der Waals surface area contributed by atoms with Crippen LogP contribution in [-0.2, 0) is 17.7 Å². The third-order valence-electron chi connectivity index (χ3n) is 4.11. The van der Waals surface area contributed by atoms with Gasteiger partial charge in [-0.3, -0.25) is 4.90 Å². The lowest BCUT2D eigenvalue weighted by atomic mass is 10.2. The Balaban J connectivity index is 1.86. The van der Waals surface area contributed by atoms with Crippen molar-refractivity contribution in [1.82, 2.24) is 14.5 Å². The Morgan fingerprint density at radius 3 is 3.05 bits per heavy atom. The van der Waals surface area contributed by atoms with Gasteiger partial charge in [-0.1, -0.05) is 19.1 Å². The zero-order valence-corrected chi connectivity index (χ0v) is 13.2. The molecule has 3 rings (SSSR count). The normalized spacial score (nSPS) is 20.2. The standard InChI is InChI=1S/C16H22ClN3O/c1-2-19-9-10-21-13(11-19)12-20-15-6-4-3-5-14(15)18-16(20)7-8-17/h3-6,13H,2,7-12H2,1H3. The maximum atomic E-state index is 5.94. The van der Waals surface area contributed by atoms with Crippen LogP contribution in [0.3, 0.4) is 0 Å². The fraction of sp³-hybridized carbons (Fsp3) is 0.562. The van der Waals surface area contributed by atoms with Gasteiger partial charge in [-0.05, 0) is 18.7 Å². The van der Waals surface area contributed by atoms with Crippen molar-refractivity contribution in [3.8, 4) is 0 Å². The van der Waals surface area contributed by atoms with Gasteiger partial charge in [0.25, 0.3) is 0 Å². The number of aryl methyl sites for hydroxylation is 1. The van der Waals surface area contributed by atoms with Crippen LogP contribution in [0.15, 0.2) is 24.3 Å². The molecule has 4 nitrogen and oxygen atoms in total. The van der Waals surface area contributed by atoms with E-state index in [1.54, 1.807) is 0 Å². The van der Waals surface area contributed by atoms with E-state index in [1.807, 2.05) is 6.07 Å². The van der Waals surface area contributed by atoms with Gasteiger partial charge in [0, 0.05) is 25.4 Å². The first-order valence-corrected chi connectivity index (χ1v) is 8.19. The smallest absolute Gasteiger partial charge is 0.111 e. The minimum atomic E-state index is 0.227. The number of halogens is 1. The van der Waals surface area contributed by atoms with Crippen molar-refractivity contribution >= 4 is 22.6 Å². The average Bonchev–Trinajstić information content (AvgIpc) is 2.86. The van der Waals surface area contributed by atoms with Crippen LogP contribution in [-0.4, -0.2) is 52.7 Å². The molecule has 1 aliphatic rings. The summed E-state index contributed by atoms with van der Waals surface area (Å²) in [5.74, 6) is 1.65. The number of likely N-dealkylation sites (N-methyl/N-ethyl adjacent to an activating group) is 1. The number of imidazole rings is 1. The molecular formula is C16H22ClN3O. The van der Waals surface area contributed by atoms with Crippen molar-refractivity contribution in [3.05, 3.63) is 30.1 Å². The molecule has 1 unspecified atom stereocenters. The molecule has 2 heterocycles. The SMILES string of the molecule is CCN1CCOC(Cn2c(CCCl)nc3ccccc32)C1. The van der Waals surface area contributed by atoms with Crippen LogP contribution >= 0.6 is 11.6 Å². The minimum absolute atomic E-state index is 0.227. The average molecular weight is 308 g/mol. The molecule has 0 aliphatic carbocycles. The van der Waals surface area contributed by atoms with Crippen LogP contribution in [0, 0.1) is 0 Å². The summed E-state index contributed by atoms with van der Waals surface area (Å²) in [5, 5.41) is 0. The van der Waals surface area contributed by atoms with Gasteiger partial charge in [-0.15, -0.1) is 11.6 Å². The van der Waals surface area contributed by atoms with Crippen molar-refractivity contribution in [1.29, 1.82) is 0 Å². The third-order valence-corrected chi connectivity index (χ3v) is 4.30. The van der Waals surface area contributed by atoms with Crippen molar-refractivity contribution in [2.75, 3.05) is 32.1 Å². The molecule has 21 heavy (non-hydrogen) atoms. The number of alkyl halides is 1. The first-order chi connectivity index (χ1) is 10.3. The lowest BCUT2D eigenvalue weighted by molar-refractivity contribution is -0.0341. The predicted octanol–water partition coefficient (Wildman–Crippen LogP) is 2.54. The van der Waals surface area contributed by atoms with E-state index in [9.17, 15) is 0 Å². The Bertz CT molecular complexity index is 598. The van der Waals surface area contributed by atoms with Crippen LogP contribution in [0.25, 0.3) is 11.0 Å². The molecule has 5 heteroatoms. The predicted molar refractivity (Wildman–Crippen MR) is 86.0 cm³/mol. The minimum Gasteiger partial charge on any atom is -0.374 e. The summed E-state index contributed by atoms with van der Waals surface area (Å²) in [4.78, 5) is 7.16. The van der Waals surface area contributed by atoms with Crippen molar-refractivity contribution in [2.45, 2.75) is 26.0 Å². The highest BCUT2D eigenvalue weighted by Gasteiger charge is 2.21. The number of fused-ring (bicyclic) bond motifs is 1. The van der Waals surface area contributed by atoms with E-state index in [0.29, 0.717) is 5.88 Å². The molecule has 2 aromatic rings. The van der Waals surface area contributed by atoms with Gasteiger partial charge >= 0.3 is 0 Å². The molecule has 0 radical (unpaired) electrons. The second-order valence-corrected chi connectivity index (χ2v) is 5.83. The monoisotopic (exact) mass is 307 g/mol. The summed E-state index contributed by atoms with van der Waals surface area (Å²) in [5.41, 5.74) is 2.22. The van der Waals surface area contributed by atoms with Crippen LogP contribution in [0.1, 0.15) is 12.7 Å². The quantitative estimate of drug-likeness (QED) is 0.795. The maximum absolute atomic E-state index is 5.94. The fourth-order valence-electron chi connectivity index (χ4n) is 2.99. The number of hydrogen-bond donors (Lipinski definition) is 0. The van der Waals surface area contributed by atoms with Gasteiger partial charge in [-0.25, -0.2) is 4.98 Å². The summed E-state index contributed by atoms with van der Waals surface area (Å²) in [7, 11) is 0. The third kappa shape index (κ3) is 3.23. The van der Waals surface area contributed by atoms with E-state index in [4.69, 9.17) is 21.3 Å². The van der Waals surface area contributed by atoms with E-state index < -0.39 is 0 Å². The number of aromatic nitrogens is 2. The van der Waals surface area contributed by atoms with Gasteiger partial charge in [0.15, 0.2) is 0 Å². The Morgan fingerprint density at radius 2 is 2.24 bits per heavy atom. The molecule has 0 spiro atoms. The molecule has 1 atom stereocenters. The summed E-state index contributed by atoms with van der Waals surface area (Å²) in [6.45, 7) is 6.97. The number of para-hydroxylation sites is 2. The highest BCUT2D eigenvalue weighted by atomic mass is 35.5. The number of nitrogens with zero attached hydrogens (tertiary/aromatic N) is 3.